The molecule has 0 aliphatic carbocycles. The van der Waals surface area contributed by atoms with Gasteiger partial charge in [-0.2, -0.15) is 5.10 Å². The SMILES string of the molecule is Nc1ncnn1C1COC(=O)C1. The number of rotatable bonds is 1. The molecule has 12 heavy (non-hydrogen) atoms. The molecule has 6 nitrogen and oxygen atoms in total. The molecule has 1 atom stereocenters. The predicted octanol–water partition coefficient (Wildman–Crippen LogP) is -0.652. The molecule has 64 valence electrons. The number of carbonyl (C=O) groups is 1. The van der Waals surface area contributed by atoms with Crippen LogP contribution < -0.4 is 5.73 Å². The lowest BCUT2D eigenvalue weighted by Crippen LogP contribution is -2.13. The maximum absolute atomic E-state index is 10.7. The van der Waals surface area contributed by atoms with E-state index in [0.29, 0.717) is 19.0 Å². The lowest BCUT2D eigenvalue weighted by Gasteiger charge is -2.06. The van der Waals surface area contributed by atoms with Crippen LogP contribution in [-0.4, -0.2) is 27.3 Å². The van der Waals surface area contributed by atoms with Gasteiger partial charge in [0.15, 0.2) is 0 Å². The van der Waals surface area contributed by atoms with Gasteiger partial charge in [-0.25, -0.2) is 9.67 Å². The number of cyclic esters (lactones) is 1. The maximum Gasteiger partial charge on any atom is 0.308 e. The van der Waals surface area contributed by atoms with Gasteiger partial charge in [-0.3, -0.25) is 4.79 Å². The number of esters is 1. The van der Waals surface area contributed by atoms with E-state index in [9.17, 15) is 4.79 Å². The fraction of sp³-hybridized carbons (Fsp3) is 0.500. The first-order valence-corrected chi connectivity index (χ1v) is 3.58. The summed E-state index contributed by atoms with van der Waals surface area (Å²) in [4.78, 5) is 14.5. The highest BCUT2D eigenvalue weighted by atomic mass is 16.5. The van der Waals surface area contributed by atoms with Crippen LogP contribution in [0.25, 0.3) is 0 Å². The number of nitrogen functional groups attached to an aromatic ring is 1. The van der Waals surface area contributed by atoms with Crippen LogP contribution in [0.15, 0.2) is 6.33 Å². The van der Waals surface area contributed by atoms with E-state index in [2.05, 4.69) is 10.1 Å². The minimum Gasteiger partial charge on any atom is -0.463 e. The Bertz CT molecular complexity index is 308. The van der Waals surface area contributed by atoms with Crippen molar-refractivity contribution in [1.82, 2.24) is 14.8 Å². The topological polar surface area (TPSA) is 83.0 Å². The highest BCUT2D eigenvalue weighted by Gasteiger charge is 2.27. The van der Waals surface area contributed by atoms with Gasteiger partial charge in [0.25, 0.3) is 0 Å². The van der Waals surface area contributed by atoms with Crippen LogP contribution >= 0.6 is 0 Å². The van der Waals surface area contributed by atoms with Crippen LogP contribution in [-0.2, 0) is 9.53 Å². The van der Waals surface area contributed by atoms with Crippen LogP contribution in [0.2, 0.25) is 0 Å². The van der Waals surface area contributed by atoms with Gasteiger partial charge in [0.1, 0.15) is 19.0 Å². The van der Waals surface area contributed by atoms with Crippen molar-refractivity contribution in [2.75, 3.05) is 12.3 Å². The van der Waals surface area contributed by atoms with Crippen molar-refractivity contribution in [3.63, 3.8) is 0 Å². The number of hydrogen-bond donors (Lipinski definition) is 1. The van der Waals surface area contributed by atoms with Gasteiger partial charge in [0, 0.05) is 0 Å². The predicted molar refractivity (Wildman–Crippen MR) is 39.0 cm³/mol. The molecule has 0 radical (unpaired) electrons. The van der Waals surface area contributed by atoms with Gasteiger partial charge in [-0.1, -0.05) is 0 Å². The summed E-state index contributed by atoms with van der Waals surface area (Å²) in [5.74, 6) is 0.105. The molecule has 1 aliphatic rings. The van der Waals surface area contributed by atoms with Crippen molar-refractivity contribution in [3.05, 3.63) is 6.33 Å². The van der Waals surface area contributed by atoms with E-state index in [0.717, 1.165) is 0 Å². The number of aromatic nitrogens is 3. The third-order valence-corrected chi connectivity index (χ3v) is 1.79. The molecule has 1 aromatic heterocycles. The molecule has 2 N–H and O–H groups in total. The Kier molecular flexibility index (Phi) is 1.46. The monoisotopic (exact) mass is 168 g/mol. The van der Waals surface area contributed by atoms with Crippen molar-refractivity contribution in [2.45, 2.75) is 12.5 Å². The van der Waals surface area contributed by atoms with Crippen LogP contribution in [0.1, 0.15) is 12.5 Å². The third kappa shape index (κ3) is 1.01. The van der Waals surface area contributed by atoms with E-state index >= 15 is 0 Å². The molecule has 0 spiro atoms. The summed E-state index contributed by atoms with van der Waals surface area (Å²) >= 11 is 0. The second kappa shape index (κ2) is 2.47. The fourth-order valence-corrected chi connectivity index (χ4v) is 1.20. The highest BCUT2D eigenvalue weighted by Crippen LogP contribution is 2.20. The lowest BCUT2D eigenvalue weighted by molar-refractivity contribution is -0.137. The molecule has 0 amide bonds. The molecule has 0 aromatic carbocycles. The van der Waals surface area contributed by atoms with Crippen LogP contribution in [0, 0.1) is 0 Å². The van der Waals surface area contributed by atoms with E-state index in [1.807, 2.05) is 0 Å². The summed E-state index contributed by atoms with van der Waals surface area (Å²) < 4.78 is 6.27. The quantitative estimate of drug-likeness (QED) is 0.563. The molecule has 6 heteroatoms. The van der Waals surface area contributed by atoms with Gasteiger partial charge in [0.2, 0.25) is 5.95 Å². The Morgan fingerprint density at radius 3 is 3.08 bits per heavy atom. The first kappa shape index (κ1) is 7.08. The summed E-state index contributed by atoms with van der Waals surface area (Å²) in [5.41, 5.74) is 5.49. The number of ether oxygens (including phenoxy) is 1. The molecule has 1 saturated heterocycles. The minimum atomic E-state index is -0.213. The molecule has 1 aliphatic heterocycles. The van der Waals surface area contributed by atoms with Gasteiger partial charge in [0.05, 0.1) is 6.42 Å². The van der Waals surface area contributed by atoms with Crippen molar-refractivity contribution < 1.29 is 9.53 Å². The van der Waals surface area contributed by atoms with E-state index in [1.165, 1.54) is 11.0 Å². The molecule has 2 rings (SSSR count). The Morgan fingerprint density at radius 2 is 2.58 bits per heavy atom. The Morgan fingerprint density at radius 1 is 1.75 bits per heavy atom. The van der Waals surface area contributed by atoms with Crippen LogP contribution in [0.3, 0.4) is 0 Å². The number of nitrogens with two attached hydrogens (primary N) is 1. The first-order valence-electron chi connectivity index (χ1n) is 3.58. The van der Waals surface area contributed by atoms with Gasteiger partial charge in [-0.15, -0.1) is 0 Å². The molecule has 0 bridgehead atoms. The number of anilines is 1. The number of nitrogens with zero attached hydrogens (tertiary/aromatic N) is 3. The van der Waals surface area contributed by atoms with Crippen molar-refractivity contribution in [2.24, 2.45) is 0 Å². The molecular formula is C6H8N4O2. The lowest BCUT2D eigenvalue weighted by atomic mass is 10.3. The summed E-state index contributed by atoms with van der Waals surface area (Å²) in [7, 11) is 0. The highest BCUT2D eigenvalue weighted by molar-refractivity contribution is 5.71. The average molecular weight is 168 g/mol. The zero-order chi connectivity index (χ0) is 8.55. The summed E-state index contributed by atoms with van der Waals surface area (Å²) in [6, 6.07) is -0.0833. The van der Waals surface area contributed by atoms with Gasteiger partial charge in [-0.05, 0) is 0 Å². The summed E-state index contributed by atoms with van der Waals surface area (Å²) in [6.45, 7) is 0.340. The van der Waals surface area contributed by atoms with Crippen LogP contribution in [0.5, 0.6) is 0 Å². The smallest absolute Gasteiger partial charge is 0.308 e. The van der Waals surface area contributed by atoms with E-state index in [-0.39, 0.29) is 12.0 Å². The Hall–Kier alpha value is -1.59. The second-order valence-corrected chi connectivity index (χ2v) is 2.60. The zero-order valence-corrected chi connectivity index (χ0v) is 6.30. The largest absolute Gasteiger partial charge is 0.463 e. The van der Waals surface area contributed by atoms with E-state index in [4.69, 9.17) is 10.5 Å². The number of carbonyl (C=O) groups excluding carboxylic acids is 1. The Balaban J connectivity index is 2.21. The van der Waals surface area contributed by atoms with Gasteiger partial charge < -0.3 is 10.5 Å². The average Bonchev–Trinajstić information content (AvgIpc) is 2.58. The van der Waals surface area contributed by atoms with Crippen LogP contribution in [0.4, 0.5) is 5.95 Å². The molecule has 1 fully saturated rings. The van der Waals surface area contributed by atoms with E-state index < -0.39 is 0 Å². The third-order valence-electron chi connectivity index (χ3n) is 1.79. The zero-order valence-electron chi connectivity index (χ0n) is 6.30. The Labute approximate surface area is 68.3 Å². The van der Waals surface area contributed by atoms with E-state index in [1.54, 1.807) is 0 Å². The normalized spacial score (nSPS) is 22.7. The molecule has 2 heterocycles. The molecule has 0 saturated carbocycles. The summed E-state index contributed by atoms with van der Waals surface area (Å²) in [5, 5.41) is 3.88. The van der Waals surface area contributed by atoms with Gasteiger partial charge >= 0.3 is 5.97 Å². The summed E-state index contributed by atoms with van der Waals surface area (Å²) in [6.07, 6.45) is 1.69. The maximum atomic E-state index is 10.7. The second-order valence-electron chi connectivity index (χ2n) is 2.60. The fourth-order valence-electron chi connectivity index (χ4n) is 1.20. The standard InChI is InChI=1S/C6H8N4O2/c7-6-8-3-9-10(6)4-1-5(11)12-2-4/h3-4H,1-2H2,(H2,7,8,9). The van der Waals surface area contributed by atoms with Crippen molar-refractivity contribution in [3.8, 4) is 0 Å². The van der Waals surface area contributed by atoms with Crippen molar-refractivity contribution in [1.29, 1.82) is 0 Å². The minimum absolute atomic E-state index is 0.0833. The number of hydrogen-bond acceptors (Lipinski definition) is 5. The molecule has 1 unspecified atom stereocenters. The molecular weight excluding hydrogens is 160 g/mol. The first-order chi connectivity index (χ1) is 5.77. The molecule has 1 aromatic rings. The van der Waals surface area contributed by atoms with Crippen molar-refractivity contribution >= 4 is 11.9 Å².